The Bertz CT molecular complexity index is 654. The molecule has 1 aliphatic rings. The summed E-state index contributed by atoms with van der Waals surface area (Å²) in [6.45, 7) is 2.70. The second kappa shape index (κ2) is 7.30. The number of aromatic hydroxyl groups is 1. The summed E-state index contributed by atoms with van der Waals surface area (Å²) in [4.78, 5) is 6.51. The molecular weight excluding hydrogens is 296 g/mol. The summed E-state index contributed by atoms with van der Waals surface area (Å²) in [6.07, 6.45) is 0. The van der Waals surface area contributed by atoms with Gasteiger partial charge in [-0.1, -0.05) is 0 Å². The molecule has 4 N–H and O–H groups in total. The van der Waals surface area contributed by atoms with E-state index in [1.807, 2.05) is 19.0 Å². The SMILES string of the molecule is Cc1cc(N=C2C(=N)N=NC2CN(C)C)c(NCCO)cc1O. The second-order valence-electron chi connectivity index (χ2n) is 5.65. The Morgan fingerprint density at radius 1 is 1.39 bits per heavy atom. The van der Waals surface area contributed by atoms with Gasteiger partial charge in [-0.15, -0.1) is 5.11 Å². The van der Waals surface area contributed by atoms with Crippen LogP contribution in [0.15, 0.2) is 27.4 Å². The molecule has 0 fully saturated rings. The molecule has 0 aliphatic carbocycles. The van der Waals surface area contributed by atoms with Gasteiger partial charge in [0, 0.05) is 19.2 Å². The molecule has 1 unspecified atom stereocenters. The van der Waals surface area contributed by atoms with E-state index in [-0.39, 0.29) is 24.2 Å². The highest BCUT2D eigenvalue weighted by Gasteiger charge is 2.27. The van der Waals surface area contributed by atoms with Crippen molar-refractivity contribution in [3.05, 3.63) is 17.7 Å². The van der Waals surface area contributed by atoms with Crippen LogP contribution in [0.25, 0.3) is 0 Å². The summed E-state index contributed by atoms with van der Waals surface area (Å²) in [5.41, 5.74) is 2.36. The Hall–Kier alpha value is -2.32. The standard InChI is InChI=1S/C15H22N6O2/c1-9-6-11(10(7-13(9)23)17-4-5-22)18-14-12(8-21(2)3)19-20-15(14)16/h6-7,12,16-17,22-23H,4-5,8H2,1-3H3. The van der Waals surface area contributed by atoms with E-state index in [0.717, 1.165) is 0 Å². The molecule has 23 heavy (non-hydrogen) atoms. The van der Waals surface area contributed by atoms with Crippen LogP contribution in [0.3, 0.4) is 0 Å². The highest BCUT2D eigenvalue weighted by molar-refractivity contribution is 6.44. The molecule has 8 nitrogen and oxygen atoms in total. The average molecular weight is 318 g/mol. The van der Waals surface area contributed by atoms with Crippen LogP contribution in [0.4, 0.5) is 11.4 Å². The highest BCUT2D eigenvalue weighted by Crippen LogP contribution is 2.33. The van der Waals surface area contributed by atoms with Gasteiger partial charge in [-0.05, 0) is 32.6 Å². The average Bonchev–Trinajstić information content (AvgIpc) is 2.81. The van der Waals surface area contributed by atoms with Crippen molar-refractivity contribution in [1.82, 2.24) is 4.90 Å². The normalized spacial score (nSPS) is 19.1. The summed E-state index contributed by atoms with van der Waals surface area (Å²) >= 11 is 0. The Morgan fingerprint density at radius 2 is 2.13 bits per heavy atom. The van der Waals surface area contributed by atoms with Crippen molar-refractivity contribution in [2.24, 2.45) is 15.2 Å². The zero-order chi connectivity index (χ0) is 17.0. The third kappa shape index (κ3) is 4.11. The first-order valence-electron chi connectivity index (χ1n) is 7.33. The molecule has 0 spiro atoms. The number of rotatable bonds is 6. The number of likely N-dealkylation sites (N-methyl/N-ethyl adjacent to an activating group) is 1. The summed E-state index contributed by atoms with van der Waals surface area (Å²) in [5, 5.41) is 37.7. The van der Waals surface area contributed by atoms with Crippen LogP contribution in [0.2, 0.25) is 0 Å². The van der Waals surface area contributed by atoms with Gasteiger partial charge in [-0.2, -0.15) is 5.11 Å². The number of aliphatic hydroxyl groups excluding tert-OH is 1. The number of nitrogens with zero attached hydrogens (tertiary/aromatic N) is 4. The fraction of sp³-hybridized carbons (Fsp3) is 0.467. The van der Waals surface area contributed by atoms with Crippen LogP contribution in [0.5, 0.6) is 5.75 Å². The lowest BCUT2D eigenvalue weighted by Crippen LogP contribution is -2.31. The van der Waals surface area contributed by atoms with Gasteiger partial charge in [-0.25, -0.2) is 4.99 Å². The number of nitrogens with one attached hydrogen (secondary N) is 2. The van der Waals surface area contributed by atoms with E-state index < -0.39 is 0 Å². The summed E-state index contributed by atoms with van der Waals surface area (Å²) in [5.74, 6) is 0.200. The zero-order valence-corrected chi connectivity index (χ0v) is 13.5. The largest absolute Gasteiger partial charge is 0.508 e. The van der Waals surface area contributed by atoms with Gasteiger partial charge in [0.05, 0.1) is 18.0 Å². The quantitative estimate of drug-likeness (QED) is 0.636. The molecular formula is C15H22N6O2. The zero-order valence-electron chi connectivity index (χ0n) is 13.5. The van der Waals surface area contributed by atoms with E-state index in [9.17, 15) is 5.11 Å². The lowest BCUT2D eigenvalue weighted by molar-refractivity contribution is 0.311. The molecule has 0 saturated carbocycles. The number of azo groups is 1. The predicted octanol–water partition coefficient (Wildman–Crippen LogP) is 1.55. The van der Waals surface area contributed by atoms with Crippen LogP contribution < -0.4 is 5.32 Å². The maximum atomic E-state index is 9.87. The van der Waals surface area contributed by atoms with Gasteiger partial charge >= 0.3 is 0 Å². The van der Waals surface area contributed by atoms with Crippen molar-refractivity contribution in [1.29, 1.82) is 5.41 Å². The van der Waals surface area contributed by atoms with Crippen LogP contribution >= 0.6 is 0 Å². The molecule has 1 atom stereocenters. The second-order valence-corrected chi connectivity index (χ2v) is 5.65. The maximum Gasteiger partial charge on any atom is 0.190 e. The molecule has 2 rings (SSSR count). The van der Waals surface area contributed by atoms with Gasteiger partial charge in [0.1, 0.15) is 17.5 Å². The number of phenolic OH excluding ortho intramolecular Hbond substituents is 1. The number of aliphatic hydroxyl groups is 1. The third-order valence-corrected chi connectivity index (χ3v) is 3.38. The number of phenols is 1. The van der Waals surface area contributed by atoms with Crippen LogP contribution in [0.1, 0.15) is 5.56 Å². The first kappa shape index (κ1) is 17.0. The smallest absolute Gasteiger partial charge is 0.190 e. The molecule has 0 bridgehead atoms. The van der Waals surface area contributed by atoms with Gasteiger partial charge < -0.3 is 20.4 Å². The number of hydrogen-bond acceptors (Lipinski definition) is 7. The van der Waals surface area contributed by atoms with Crippen molar-refractivity contribution < 1.29 is 10.2 Å². The fourth-order valence-corrected chi connectivity index (χ4v) is 2.22. The number of hydrogen-bond donors (Lipinski definition) is 4. The monoisotopic (exact) mass is 318 g/mol. The Morgan fingerprint density at radius 3 is 2.78 bits per heavy atom. The van der Waals surface area contributed by atoms with Crippen molar-refractivity contribution in [3.63, 3.8) is 0 Å². The molecule has 1 aromatic carbocycles. The fourth-order valence-electron chi connectivity index (χ4n) is 2.22. The van der Waals surface area contributed by atoms with E-state index in [1.54, 1.807) is 19.1 Å². The first-order valence-corrected chi connectivity index (χ1v) is 7.33. The van der Waals surface area contributed by atoms with E-state index >= 15 is 0 Å². The van der Waals surface area contributed by atoms with Crippen LogP contribution in [0, 0.1) is 12.3 Å². The van der Waals surface area contributed by atoms with Crippen molar-refractivity contribution in [2.75, 3.05) is 39.1 Å². The Balaban J connectivity index is 2.39. The van der Waals surface area contributed by atoms with E-state index in [1.165, 1.54) is 0 Å². The van der Waals surface area contributed by atoms with Crippen LogP contribution in [-0.2, 0) is 0 Å². The number of amidine groups is 1. The van der Waals surface area contributed by atoms with Crippen molar-refractivity contribution in [3.8, 4) is 5.75 Å². The molecule has 124 valence electrons. The topological polar surface area (TPSA) is 117 Å². The number of benzene rings is 1. The summed E-state index contributed by atoms with van der Waals surface area (Å²) in [7, 11) is 3.85. The van der Waals surface area contributed by atoms with E-state index in [0.29, 0.717) is 35.7 Å². The number of aryl methyl sites for hydroxylation is 1. The van der Waals surface area contributed by atoms with Gasteiger partial charge in [0.15, 0.2) is 5.84 Å². The predicted molar refractivity (Wildman–Crippen MR) is 90.4 cm³/mol. The van der Waals surface area contributed by atoms with Crippen molar-refractivity contribution in [2.45, 2.75) is 13.0 Å². The molecule has 0 radical (unpaired) electrons. The minimum absolute atomic E-state index is 0.0333. The lowest BCUT2D eigenvalue weighted by Gasteiger charge is -2.15. The number of anilines is 1. The van der Waals surface area contributed by atoms with Gasteiger partial charge in [0.25, 0.3) is 0 Å². The minimum Gasteiger partial charge on any atom is -0.508 e. The molecule has 0 aromatic heterocycles. The lowest BCUT2D eigenvalue weighted by atomic mass is 10.1. The first-order chi connectivity index (χ1) is 10.9. The summed E-state index contributed by atoms with van der Waals surface area (Å²) in [6, 6.07) is 3.02. The molecule has 0 saturated heterocycles. The molecule has 1 heterocycles. The maximum absolute atomic E-state index is 9.87. The molecule has 1 aliphatic heterocycles. The van der Waals surface area contributed by atoms with E-state index in [2.05, 4.69) is 20.5 Å². The summed E-state index contributed by atoms with van der Waals surface area (Å²) < 4.78 is 0. The molecule has 1 aromatic rings. The van der Waals surface area contributed by atoms with Gasteiger partial charge in [0.2, 0.25) is 0 Å². The third-order valence-electron chi connectivity index (χ3n) is 3.38. The Labute approximate surface area is 135 Å². The Kier molecular flexibility index (Phi) is 5.41. The van der Waals surface area contributed by atoms with Crippen LogP contribution in [-0.4, -0.2) is 66.5 Å². The minimum atomic E-state index is -0.280. The van der Waals surface area contributed by atoms with Crippen molar-refractivity contribution >= 4 is 22.9 Å². The van der Waals surface area contributed by atoms with Gasteiger partial charge in [-0.3, -0.25) is 5.41 Å². The molecule has 8 heteroatoms. The number of aliphatic imine (C=N–C) groups is 1. The highest BCUT2D eigenvalue weighted by atomic mass is 16.3. The molecule has 0 amide bonds. The van der Waals surface area contributed by atoms with E-state index in [4.69, 9.17) is 10.5 Å².